The molecule has 1 rings (SSSR count). The van der Waals surface area contributed by atoms with E-state index in [2.05, 4.69) is 5.32 Å². The number of nitrogens with zero attached hydrogens (tertiary/aromatic N) is 1. The summed E-state index contributed by atoms with van der Waals surface area (Å²) in [5.74, 6) is -0.822. The summed E-state index contributed by atoms with van der Waals surface area (Å²) in [6.45, 7) is 3.00. The molecule has 0 spiro atoms. The minimum atomic E-state index is -0.822. The minimum absolute atomic E-state index is 0.0821. The smallest absolute Gasteiger partial charge is 0.317 e. The molecule has 0 heterocycles. The van der Waals surface area contributed by atoms with Crippen LogP contribution in [0.25, 0.3) is 0 Å². The van der Waals surface area contributed by atoms with Gasteiger partial charge >= 0.3 is 12.0 Å². The van der Waals surface area contributed by atoms with Crippen LogP contribution in [0.1, 0.15) is 45.4 Å². The van der Waals surface area contributed by atoms with Crippen molar-refractivity contribution < 1.29 is 19.8 Å². The van der Waals surface area contributed by atoms with Gasteiger partial charge < -0.3 is 20.4 Å². The van der Waals surface area contributed by atoms with Gasteiger partial charge in [0.25, 0.3) is 0 Å². The lowest BCUT2D eigenvalue weighted by molar-refractivity contribution is -0.148. The van der Waals surface area contributed by atoms with Crippen LogP contribution in [0.2, 0.25) is 0 Å². The number of carbonyl (C=O) groups excluding carboxylic acids is 1. The summed E-state index contributed by atoms with van der Waals surface area (Å²) < 4.78 is 0. The number of hydrogen-bond donors (Lipinski definition) is 3. The first kappa shape index (κ1) is 16.8. The molecule has 116 valence electrons. The van der Waals surface area contributed by atoms with Crippen LogP contribution >= 0.6 is 0 Å². The minimum Gasteiger partial charge on any atom is -0.481 e. The summed E-state index contributed by atoms with van der Waals surface area (Å²) in [5.41, 5.74) is -0.800. The summed E-state index contributed by atoms with van der Waals surface area (Å²) in [6, 6.07) is -0.278. The Morgan fingerprint density at radius 2 is 1.90 bits per heavy atom. The fourth-order valence-corrected chi connectivity index (χ4v) is 2.66. The van der Waals surface area contributed by atoms with Crippen LogP contribution in [0.4, 0.5) is 4.79 Å². The zero-order chi connectivity index (χ0) is 15.0. The van der Waals surface area contributed by atoms with E-state index in [1.807, 2.05) is 6.92 Å². The third-order valence-electron chi connectivity index (χ3n) is 4.03. The predicted molar refractivity (Wildman–Crippen MR) is 75.5 cm³/mol. The number of aliphatic hydroxyl groups is 1. The monoisotopic (exact) mass is 286 g/mol. The van der Waals surface area contributed by atoms with E-state index in [4.69, 9.17) is 5.11 Å². The van der Waals surface area contributed by atoms with Crippen molar-refractivity contribution in [3.63, 3.8) is 0 Å². The second-order valence-corrected chi connectivity index (χ2v) is 5.52. The van der Waals surface area contributed by atoms with E-state index >= 15 is 0 Å². The summed E-state index contributed by atoms with van der Waals surface area (Å²) in [5, 5.41) is 21.1. The molecule has 20 heavy (non-hydrogen) atoms. The maximum Gasteiger partial charge on any atom is 0.317 e. The van der Waals surface area contributed by atoms with E-state index < -0.39 is 11.4 Å². The van der Waals surface area contributed by atoms with Crippen LogP contribution in [0.3, 0.4) is 0 Å². The highest BCUT2D eigenvalue weighted by molar-refractivity contribution is 5.78. The maximum atomic E-state index is 12.1. The first-order chi connectivity index (χ1) is 9.55. The molecule has 0 unspecified atom stereocenters. The van der Waals surface area contributed by atoms with Crippen molar-refractivity contribution in [2.75, 3.05) is 26.2 Å². The van der Waals surface area contributed by atoms with Crippen LogP contribution < -0.4 is 5.32 Å². The summed E-state index contributed by atoms with van der Waals surface area (Å²) in [4.78, 5) is 25.0. The topological polar surface area (TPSA) is 89.9 Å². The second-order valence-electron chi connectivity index (χ2n) is 5.52. The van der Waals surface area contributed by atoms with Crippen LogP contribution in [-0.2, 0) is 4.79 Å². The molecule has 2 amide bonds. The number of urea groups is 1. The Bertz CT molecular complexity index is 327. The van der Waals surface area contributed by atoms with Crippen molar-refractivity contribution in [1.29, 1.82) is 0 Å². The number of carboxylic acid groups (broad SMARTS) is 1. The Hall–Kier alpha value is -1.30. The van der Waals surface area contributed by atoms with Gasteiger partial charge in [-0.25, -0.2) is 4.79 Å². The Labute approximate surface area is 120 Å². The van der Waals surface area contributed by atoms with E-state index in [0.29, 0.717) is 19.4 Å². The normalized spacial score (nSPS) is 16.9. The van der Waals surface area contributed by atoms with Gasteiger partial charge in [-0.1, -0.05) is 26.2 Å². The zero-order valence-electron chi connectivity index (χ0n) is 12.2. The average molecular weight is 286 g/mol. The van der Waals surface area contributed by atoms with Gasteiger partial charge in [0.15, 0.2) is 0 Å². The third kappa shape index (κ3) is 4.37. The lowest BCUT2D eigenvalue weighted by atomic mass is 9.86. The van der Waals surface area contributed by atoms with Gasteiger partial charge in [0.1, 0.15) is 0 Å². The van der Waals surface area contributed by atoms with E-state index in [9.17, 15) is 14.7 Å². The Kier molecular flexibility index (Phi) is 6.78. The van der Waals surface area contributed by atoms with Gasteiger partial charge in [0.2, 0.25) is 0 Å². The number of carbonyl (C=O) groups is 2. The molecule has 0 saturated heterocycles. The number of hydrogen-bond acceptors (Lipinski definition) is 3. The van der Waals surface area contributed by atoms with E-state index in [-0.39, 0.29) is 25.7 Å². The Morgan fingerprint density at radius 3 is 2.40 bits per heavy atom. The molecule has 0 aromatic rings. The van der Waals surface area contributed by atoms with Crippen molar-refractivity contribution >= 4 is 12.0 Å². The van der Waals surface area contributed by atoms with E-state index in [0.717, 1.165) is 25.7 Å². The molecule has 0 bridgehead atoms. The molecule has 1 fully saturated rings. The number of rotatable bonds is 8. The predicted octanol–water partition coefficient (Wildman–Crippen LogP) is 1.44. The molecule has 1 saturated carbocycles. The highest BCUT2D eigenvalue weighted by atomic mass is 16.4. The SMILES string of the molecule is CCCCN(CCO)C(=O)NCC1(C(=O)O)CCCC1. The van der Waals surface area contributed by atoms with E-state index in [1.54, 1.807) is 4.90 Å². The molecule has 3 N–H and O–H groups in total. The number of nitrogens with one attached hydrogen (secondary N) is 1. The van der Waals surface area contributed by atoms with Crippen LogP contribution in [0.15, 0.2) is 0 Å². The lowest BCUT2D eigenvalue weighted by Crippen LogP contribution is -2.47. The van der Waals surface area contributed by atoms with Crippen LogP contribution in [-0.4, -0.2) is 53.4 Å². The lowest BCUT2D eigenvalue weighted by Gasteiger charge is -2.27. The summed E-state index contributed by atoms with van der Waals surface area (Å²) in [6.07, 6.45) is 4.89. The number of unbranched alkanes of at least 4 members (excludes halogenated alkanes) is 1. The largest absolute Gasteiger partial charge is 0.481 e. The van der Waals surface area contributed by atoms with Crippen molar-refractivity contribution in [3.8, 4) is 0 Å². The van der Waals surface area contributed by atoms with Gasteiger partial charge in [-0.15, -0.1) is 0 Å². The summed E-state index contributed by atoms with van der Waals surface area (Å²) in [7, 11) is 0. The Morgan fingerprint density at radius 1 is 1.25 bits per heavy atom. The molecule has 1 aliphatic carbocycles. The number of carboxylic acids is 1. The van der Waals surface area contributed by atoms with Crippen molar-refractivity contribution in [2.24, 2.45) is 5.41 Å². The number of aliphatic carboxylic acids is 1. The molecule has 0 atom stereocenters. The van der Waals surface area contributed by atoms with Gasteiger partial charge in [-0.05, 0) is 19.3 Å². The molecule has 0 aromatic carbocycles. The fraction of sp³-hybridized carbons (Fsp3) is 0.857. The Balaban J connectivity index is 2.52. The van der Waals surface area contributed by atoms with Crippen LogP contribution in [0.5, 0.6) is 0 Å². The third-order valence-corrected chi connectivity index (χ3v) is 4.03. The standard InChI is InChI=1S/C14H26N2O4/c1-2-3-8-16(9-10-17)13(20)15-11-14(12(18)19)6-4-5-7-14/h17H,2-11H2,1H3,(H,15,20)(H,18,19). The fourth-order valence-electron chi connectivity index (χ4n) is 2.66. The highest BCUT2D eigenvalue weighted by Crippen LogP contribution is 2.37. The molecule has 0 aliphatic heterocycles. The maximum absolute atomic E-state index is 12.1. The average Bonchev–Trinajstić information content (AvgIpc) is 2.91. The molecule has 6 nitrogen and oxygen atoms in total. The zero-order valence-corrected chi connectivity index (χ0v) is 12.2. The van der Waals surface area contributed by atoms with Gasteiger partial charge in [-0.3, -0.25) is 4.79 Å². The van der Waals surface area contributed by atoms with Gasteiger partial charge in [-0.2, -0.15) is 0 Å². The molecular formula is C14H26N2O4. The first-order valence-corrected chi connectivity index (χ1v) is 7.43. The van der Waals surface area contributed by atoms with Crippen molar-refractivity contribution in [2.45, 2.75) is 45.4 Å². The van der Waals surface area contributed by atoms with Crippen molar-refractivity contribution in [3.05, 3.63) is 0 Å². The van der Waals surface area contributed by atoms with Gasteiger partial charge in [0, 0.05) is 19.6 Å². The quantitative estimate of drug-likeness (QED) is 0.629. The van der Waals surface area contributed by atoms with E-state index in [1.165, 1.54) is 0 Å². The first-order valence-electron chi connectivity index (χ1n) is 7.43. The number of aliphatic hydroxyl groups excluding tert-OH is 1. The molecule has 0 aromatic heterocycles. The second kappa shape index (κ2) is 8.09. The summed E-state index contributed by atoms with van der Waals surface area (Å²) >= 11 is 0. The van der Waals surface area contributed by atoms with Gasteiger partial charge in [0.05, 0.1) is 12.0 Å². The molecule has 6 heteroatoms. The number of amides is 2. The van der Waals surface area contributed by atoms with Crippen LogP contribution in [0, 0.1) is 5.41 Å². The van der Waals surface area contributed by atoms with Crippen molar-refractivity contribution in [1.82, 2.24) is 10.2 Å². The highest BCUT2D eigenvalue weighted by Gasteiger charge is 2.41. The molecule has 1 aliphatic rings. The molecule has 0 radical (unpaired) electrons. The molecular weight excluding hydrogens is 260 g/mol.